The van der Waals surface area contributed by atoms with E-state index in [0.717, 1.165) is 13.0 Å². The van der Waals surface area contributed by atoms with Crippen LogP contribution in [-0.4, -0.2) is 9.55 Å². The molecule has 1 aromatic rings. The van der Waals surface area contributed by atoms with Gasteiger partial charge in [0.2, 0.25) is 0 Å². The molecule has 0 fully saturated rings. The van der Waals surface area contributed by atoms with Gasteiger partial charge in [0, 0.05) is 12.7 Å². The third-order valence-corrected chi connectivity index (χ3v) is 1.62. The number of hydrogen-bond acceptors (Lipinski definition) is 1. The third kappa shape index (κ3) is 2.37. The third-order valence-electron chi connectivity index (χ3n) is 1.62. The second kappa shape index (κ2) is 3.56. The molecule has 0 unspecified atom stereocenters. The molecule has 0 spiro atoms. The minimum atomic E-state index is 0.703. The van der Waals surface area contributed by atoms with Gasteiger partial charge >= 0.3 is 0 Å². The maximum Gasteiger partial charge on any atom is 0.0949 e. The van der Waals surface area contributed by atoms with E-state index in [4.69, 9.17) is 0 Å². The molecule has 62 valence electrons. The van der Waals surface area contributed by atoms with E-state index in [1.54, 1.807) is 0 Å². The highest BCUT2D eigenvalue weighted by Gasteiger charge is 1.97. The van der Waals surface area contributed by atoms with Crippen LogP contribution in [-0.2, 0) is 13.0 Å². The van der Waals surface area contributed by atoms with Crippen molar-refractivity contribution < 1.29 is 0 Å². The van der Waals surface area contributed by atoms with Crippen molar-refractivity contribution in [2.45, 2.75) is 33.7 Å². The van der Waals surface area contributed by atoms with Crippen molar-refractivity contribution in [2.75, 3.05) is 0 Å². The van der Waals surface area contributed by atoms with Gasteiger partial charge in [-0.05, 0) is 12.3 Å². The summed E-state index contributed by atoms with van der Waals surface area (Å²) in [5, 5.41) is 0. The lowest BCUT2D eigenvalue weighted by molar-refractivity contribution is 0.522. The molecule has 0 aliphatic rings. The molecule has 0 amide bonds. The molecule has 0 aliphatic carbocycles. The van der Waals surface area contributed by atoms with Crippen LogP contribution in [0, 0.1) is 5.92 Å². The van der Waals surface area contributed by atoms with Gasteiger partial charge in [0.25, 0.3) is 0 Å². The quantitative estimate of drug-likeness (QED) is 0.648. The van der Waals surface area contributed by atoms with Crippen molar-refractivity contribution in [3.8, 4) is 0 Å². The average Bonchev–Trinajstić information content (AvgIpc) is 2.34. The Balaban J connectivity index is 2.58. The predicted molar refractivity (Wildman–Crippen MR) is 46.4 cm³/mol. The molecule has 0 N–H and O–H groups in total. The van der Waals surface area contributed by atoms with Gasteiger partial charge in [-0.3, -0.25) is 0 Å². The molecule has 0 radical (unpaired) electrons. The van der Waals surface area contributed by atoms with Gasteiger partial charge < -0.3 is 4.57 Å². The monoisotopic (exact) mass is 152 g/mol. The van der Waals surface area contributed by atoms with Gasteiger partial charge in [-0.15, -0.1) is 0 Å². The highest BCUT2D eigenvalue weighted by atomic mass is 15.0. The Labute approximate surface area is 68.3 Å². The van der Waals surface area contributed by atoms with Gasteiger partial charge in [-0.25, -0.2) is 4.98 Å². The molecule has 1 heterocycles. The van der Waals surface area contributed by atoms with Crippen LogP contribution in [0.1, 0.15) is 26.5 Å². The summed E-state index contributed by atoms with van der Waals surface area (Å²) < 4.78 is 2.16. The first-order chi connectivity index (χ1) is 5.22. The summed E-state index contributed by atoms with van der Waals surface area (Å²) in [4.78, 5) is 4.25. The SMILES string of the molecule is CCc1cn(CC(C)C)cn1. The number of nitrogens with zero attached hydrogens (tertiary/aromatic N) is 2. The molecule has 0 aromatic carbocycles. The molecular formula is C9H16N2. The fraction of sp³-hybridized carbons (Fsp3) is 0.667. The lowest BCUT2D eigenvalue weighted by atomic mass is 10.2. The zero-order valence-electron chi connectivity index (χ0n) is 7.54. The Kier molecular flexibility index (Phi) is 2.69. The van der Waals surface area contributed by atoms with Crippen LogP contribution in [0.2, 0.25) is 0 Å². The number of aromatic nitrogens is 2. The molecular weight excluding hydrogens is 136 g/mol. The number of aryl methyl sites for hydroxylation is 1. The molecule has 2 heteroatoms. The van der Waals surface area contributed by atoms with Gasteiger partial charge in [-0.2, -0.15) is 0 Å². The smallest absolute Gasteiger partial charge is 0.0949 e. The van der Waals surface area contributed by atoms with Crippen LogP contribution in [0.15, 0.2) is 12.5 Å². The summed E-state index contributed by atoms with van der Waals surface area (Å²) >= 11 is 0. The molecule has 0 aliphatic heterocycles. The molecule has 1 rings (SSSR count). The normalized spacial score (nSPS) is 10.9. The Morgan fingerprint density at radius 3 is 2.73 bits per heavy atom. The fourth-order valence-electron chi connectivity index (χ4n) is 1.11. The Hall–Kier alpha value is -0.790. The van der Waals surface area contributed by atoms with Crippen molar-refractivity contribution in [3.63, 3.8) is 0 Å². The summed E-state index contributed by atoms with van der Waals surface area (Å²) in [6.07, 6.45) is 5.07. The van der Waals surface area contributed by atoms with E-state index in [2.05, 4.69) is 36.5 Å². The highest BCUT2D eigenvalue weighted by Crippen LogP contribution is 2.01. The largest absolute Gasteiger partial charge is 0.337 e. The van der Waals surface area contributed by atoms with E-state index < -0.39 is 0 Å². The Morgan fingerprint density at radius 2 is 2.27 bits per heavy atom. The first kappa shape index (κ1) is 8.31. The molecule has 0 bridgehead atoms. The van der Waals surface area contributed by atoms with E-state index in [-0.39, 0.29) is 0 Å². The van der Waals surface area contributed by atoms with E-state index in [1.165, 1.54) is 5.69 Å². The molecule has 1 aromatic heterocycles. The maximum atomic E-state index is 4.25. The molecule has 0 saturated heterocycles. The Morgan fingerprint density at radius 1 is 1.55 bits per heavy atom. The van der Waals surface area contributed by atoms with Crippen LogP contribution in [0.5, 0.6) is 0 Å². The molecule has 2 nitrogen and oxygen atoms in total. The highest BCUT2D eigenvalue weighted by molar-refractivity contribution is 4.95. The van der Waals surface area contributed by atoms with E-state index >= 15 is 0 Å². The standard InChI is InChI=1S/C9H16N2/c1-4-9-6-11(7-10-9)5-8(2)3/h6-8H,4-5H2,1-3H3. The van der Waals surface area contributed by atoms with Crippen molar-refractivity contribution in [3.05, 3.63) is 18.2 Å². The van der Waals surface area contributed by atoms with Crippen LogP contribution in [0.25, 0.3) is 0 Å². The van der Waals surface area contributed by atoms with Gasteiger partial charge in [0.05, 0.1) is 12.0 Å². The number of imidazole rings is 1. The first-order valence-electron chi connectivity index (χ1n) is 4.23. The topological polar surface area (TPSA) is 17.8 Å². The van der Waals surface area contributed by atoms with Crippen molar-refractivity contribution in [2.24, 2.45) is 5.92 Å². The van der Waals surface area contributed by atoms with E-state index in [1.807, 2.05) is 6.33 Å². The van der Waals surface area contributed by atoms with E-state index in [9.17, 15) is 0 Å². The summed E-state index contributed by atoms with van der Waals surface area (Å²) in [6.45, 7) is 7.63. The average molecular weight is 152 g/mol. The van der Waals surface area contributed by atoms with Crippen LogP contribution in [0.4, 0.5) is 0 Å². The molecule has 0 saturated carbocycles. The fourth-order valence-corrected chi connectivity index (χ4v) is 1.11. The first-order valence-corrected chi connectivity index (χ1v) is 4.23. The summed E-state index contributed by atoms with van der Waals surface area (Å²) in [7, 11) is 0. The second-order valence-electron chi connectivity index (χ2n) is 3.31. The van der Waals surface area contributed by atoms with Gasteiger partial charge in [-0.1, -0.05) is 20.8 Å². The van der Waals surface area contributed by atoms with Crippen LogP contribution in [0.3, 0.4) is 0 Å². The number of rotatable bonds is 3. The Bertz CT molecular complexity index is 213. The predicted octanol–water partition coefficient (Wildman–Crippen LogP) is 2.10. The van der Waals surface area contributed by atoms with Crippen molar-refractivity contribution in [1.82, 2.24) is 9.55 Å². The lowest BCUT2D eigenvalue weighted by Crippen LogP contribution is -2.01. The van der Waals surface area contributed by atoms with Crippen LogP contribution >= 0.6 is 0 Å². The van der Waals surface area contributed by atoms with E-state index in [0.29, 0.717) is 5.92 Å². The minimum absolute atomic E-state index is 0.703. The van der Waals surface area contributed by atoms with Gasteiger partial charge in [0.15, 0.2) is 0 Å². The van der Waals surface area contributed by atoms with Crippen molar-refractivity contribution in [1.29, 1.82) is 0 Å². The zero-order valence-corrected chi connectivity index (χ0v) is 7.54. The summed E-state index contributed by atoms with van der Waals surface area (Å²) in [5.74, 6) is 0.703. The van der Waals surface area contributed by atoms with Crippen molar-refractivity contribution >= 4 is 0 Å². The van der Waals surface area contributed by atoms with Crippen LogP contribution < -0.4 is 0 Å². The second-order valence-corrected chi connectivity index (χ2v) is 3.31. The van der Waals surface area contributed by atoms with Gasteiger partial charge in [0.1, 0.15) is 0 Å². The maximum absolute atomic E-state index is 4.25. The molecule has 11 heavy (non-hydrogen) atoms. The summed E-state index contributed by atoms with van der Waals surface area (Å²) in [6, 6.07) is 0. The minimum Gasteiger partial charge on any atom is -0.337 e. The summed E-state index contributed by atoms with van der Waals surface area (Å²) in [5.41, 5.74) is 1.19. The lowest BCUT2D eigenvalue weighted by Gasteiger charge is -2.03. The number of hydrogen-bond donors (Lipinski definition) is 0. The zero-order chi connectivity index (χ0) is 8.27. The molecule has 0 atom stereocenters.